The van der Waals surface area contributed by atoms with Gasteiger partial charge < -0.3 is 14.8 Å². The number of hydrogen-bond acceptors (Lipinski definition) is 6. The van der Waals surface area contributed by atoms with Gasteiger partial charge in [-0.1, -0.05) is 19.9 Å². The summed E-state index contributed by atoms with van der Waals surface area (Å²) in [6, 6.07) is 5.98. The number of nitrogens with one attached hydrogen (secondary N) is 2. The highest BCUT2D eigenvalue weighted by molar-refractivity contribution is 6.09. The van der Waals surface area contributed by atoms with Crippen molar-refractivity contribution >= 4 is 28.4 Å². The number of pyridine rings is 1. The average molecular weight is 433 g/mol. The molecule has 3 aromatic rings. The fourth-order valence-corrected chi connectivity index (χ4v) is 2.70. The predicted molar refractivity (Wildman–Crippen MR) is 117 cm³/mol. The largest absolute Gasteiger partial charge is 0.463 e. The van der Waals surface area contributed by atoms with Crippen LogP contribution in [0.15, 0.2) is 39.7 Å². The van der Waals surface area contributed by atoms with Crippen molar-refractivity contribution in [1.82, 2.24) is 10.0 Å². The summed E-state index contributed by atoms with van der Waals surface area (Å²) in [4.78, 5) is 30.8. The van der Waals surface area contributed by atoms with E-state index < -0.39 is 22.9 Å². The van der Waals surface area contributed by atoms with Crippen LogP contribution in [0.2, 0.25) is 0 Å². The Morgan fingerprint density at radius 3 is 2.58 bits per heavy atom. The lowest BCUT2D eigenvalue weighted by Gasteiger charge is -2.22. The average Bonchev–Trinajstić information content (AvgIpc) is 3.23. The minimum Gasteiger partial charge on any atom is -0.463 e. The summed E-state index contributed by atoms with van der Waals surface area (Å²) in [5.74, 6) is -1.23. The van der Waals surface area contributed by atoms with E-state index in [2.05, 4.69) is 10.8 Å². The van der Waals surface area contributed by atoms with E-state index in [0.717, 1.165) is 5.56 Å². The van der Waals surface area contributed by atoms with E-state index in [0.29, 0.717) is 0 Å². The standard InChI is InChI=1S/C20H22FN3O5.C2H6/c1-11-5-6-14(13(21)9-11)22-17-15(18(26)23-29-20(2,3)10-25)16-12(7-8-28-16)19(27)24(17)4;1-2/h5-9,22,25H,10H2,1-4H3,(H,23,26);1-2H3. The summed E-state index contributed by atoms with van der Waals surface area (Å²) in [5.41, 5.74) is 1.61. The molecule has 0 atom stereocenters. The first-order valence-electron chi connectivity index (χ1n) is 9.87. The highest BCUT2D eigenvalue weighted by Gasteiger charge is 2.26. The number of aryl methyl sites for hydroxylation is 1. The molecule has 31 heavy (non-hydrogen) atoms. The second kappa shape index (κ2) is 9.76. The zero-order valence-electron chi connectivity index (χ0n) is 18.5. The number of amides is 1. The van der Waals surface area contributed by atoms with Crippen molar-refractivity contribution in [2.75, 3.05) is 11.9 Å². The Bertz CT molecular complexity index is 1130. The highest BCUT2D eigenvalue weighted by atomic mass is 19.1. The van der Waals surface area contributed by atoms with Crippen molar-refractivity contribution < 1.29 is 23.5 Å². The van der Waals surface area contributed by atoms with Gasteiger partial charge in [0.2, 0.25) is 0 Å². The van der Waals surface area contributed by atoms with E-state index in [1.54, 1.807) is 26.8 Å². The number of hydrogen-bond donors (Lipinski definition) is 3. The minimum atomic E-state index is -1.03. The maximum absolute atomic E-state index is 14.4. The molecular weight excluding hydrogens is 405 g/mol. The number of nitrogens with zero attached hydrogens (tertiary/aromatic N) is 1. The molecule has 0 aliphatic carbocycles. The van der Waals surface area contributed by atoms with Crippen LogP contribution >= 0.6 is 0 Å². The smallest absolute Gasteiger partial charge is 0.282 e. The van der Waals surface area contributed by atoms with Crippen molar-refractivity contribution in [3.8, 4) is 0 Å². The molecule has 0 aliphatic heterocycles. The number of carbonyl (C=O) groups is 1. The van der Waals surface area contributed by atoms with Gasteiger partial charge in [0.15, 0.2) is 5.58 Å². The third-order valence-corrected chi connectivity index (χ3v) is 4.41. The Kier molecular flexibility index (Phi) is 7.59. The van der Waals surface area contributed by atoms with Crippen LogP contribution < -0.4 is 16.4 Å². The molecule has 2 heterocycles. The highest BCUT2D eigenvalue weighted by Crippen LogP contribution is 2.28. The first kappa shape index (κ1) is 24.1. The molecule has 1 aromatic carbocycles. The minimum absolute atomic E-state index is 0.0307. The molecule has 0 aliphatic rings. The third-order valence-electron chi connectivity index (χ3n) is 4.41. The molecule has 8 nitrogen and oxygen atoms in total. The number of halogens is 1. The molecule has 3 N–H and O–H groups in total. The molecule has 0 unspecified atom stereocenters. The van der Waals surface area contributed by atoms with Crippen molar-refractivity contribution in [3.05, 3.63) is 57.8 Å². The summed E-state index contributed by atoms with van der Waals surface area (Å²) in [5, 5.41) is 12.3. The fourth-order valence-electron chi connectivity index (χ4n) is 2.70. The summed E-state index contributed by atoms with van der Waals surface area (Å²) >= 11 is 0. The third kappa shape index (κ3) is 5.12. The van der Waals surface area contributed by atoms with Gasteiger partial charge in [-0.25, -0.2) is 9.87 Å². The monoisotopic (exact) mass is 433 g/mol. The zero-order chi connectivity index (χ0) is 23.3. The van der Waals surface area contributed by atoms with Crippen LogP contribution in [0.5, 0.6) is 0 Å². The van der Waals surface area contributed by atoms with E-state index >= 15 is 0 Å². The number of hydroxylamine groups is 1. The molecular formula is C22H28FN3O5. The van der Waals surface area contributed by atoms with E-state index in [-0.39, 0.29) is 34.6 Å². The Hall–Kier alpha value is -3.17. The topological polar surface area (TPSA) is 106 Å². The molecule has 2 aromatic heterocycles. The maximum atomic E-state index is 14.4. The summed E-state index contributed by atoms with van der Waals surface area (Å²) < 4.78 is 21.0. The summed E-state index contributed by atoms with van der Waals surface area (Å²) in [7, 11) is 1.46. The number of furan rings is 1. The van der Waals surface area contributed by atoms with Crippen molar-refractivity contribution in [1.29, 1.82) is 0 Å². The molecule has 0 bridgehead atoms. The second-order valence-electron chi connectivity index (χ2n) is 7.31. The van der Waals surface area contributed by atoms with Crippen LogP contribution in [-0.4, -0.2) is 27.8 Å². The lowest BCUT2D eigenvalue weighted by Crippen LogP contribution is -2.39. The van der Waals surface area contributed by atoms with Crippen molar-refractivity contribution in [2.45, 2.75) is 40.2 Å². The molecule has 0 radical (unpaired) electrons. The van der Waals surface area contributed by atoms with Gasteiger partial charge in [0, 0.05) is 7.05 Å². The Morgan fingerprint density at radius 2 is 1.97 bits per heavy atom. The summed E-state index contributed by atoms with van der Waals surface area (Å²) in [6.45, 7) is 8.57. The maximum Gasteiger partial charge on any atom is 0.282 e. The molecule has 168 valence electrons. The Labute approximate surface area is 179 Å². The van der Waals surface area contributed by atoms with Gasteiger partial charge in [0.05, 0.1) is 23.9 Å². The van der Waals surface area contributed by atoms with Gasteiger partial charge in [-0.2, -0.15) is 0 Å². The van der Waals surface area contributed by atoms with Crippen LogP contribution in [0.4, 0.5) is 15.9 Å². The number of aliphatic hydroxyl groups excluding tert-OH is 1. The van der Waals surface area contributed by atoms with E-state index in [1.165, 1.54) is 36.1 Å². The van der Waals surface area contributed by atoms with Gasteiger partial charge in [0.1, 0.15) is 22.8 Å². The number of aromatic nitrogens is 1. The Balaban J connectivity index is 0.00000166. The zero-order valence-corrected chi connectivity index (χ0v) is 18.5. The molecule has 3 rings (SSSR count). The number of anilines is 2. The quantitative estimate of drug-likeness (QED) is 0.511. The van der Waals surface area contributed by atoms with Gasteiger partial charge >= 0.3 is 0 Å². The molecule has 0 saturated carbocycles. The Morgan fingerprint density at radius 1 is 1.29 bits per heavy atom. The lowest BCUT2D eigenvalue weighted by atomic mass is 10.1. The SMILES string of the molecule is CC.Cc1ccc(Nc2c(C(=O)NOC(C)(C)CO)c3occc3c(=O)n2C)c(F)c1. The van der Waals surface area contributed by atoms with E-state index in [9.17, 15) is 19.1 Å². The number of carbonyl (C=O) groups excluding carboxylic acids is 1. The van der Waals surface area contributed by atoms with Crippen LogP contribution in [-0.2, 0) is 11.9 Å². The number of benzene rings is 1. The predicted octanol–water partition coefficient (Wildman–Crippen LogP) is 3.78. The van der Waals surface area contributed by atoms with Gasteiger partial charge in [-0.3, -0.25) is 19.0 Å². The van der Waals surface area contributed by atoms with Gasteiger partial charge in [-0.05, 0) is 44.5 Å². The first-order valence-corrected chi connectivity index (χ1v) is 9.87. The molecule has 0 fully saturated rings. The van der Waals surface area contributed by atoms with Crippen LogP contribution in [0.25, 0.3) is 11.0 Å². The van der Waals surface area contributed by atoms with Crippen LogP contribution in [0, 0.1) is 12.7 Å². The van der Waals surface area contributed by atoms with Crippen LogP contribution in [0.1, 0.15) is 43.6 Å². The number of fused-ring (bicyclic) bond motifs is 1. The first-order chi connectivity index (χ1) is 14.6. The lowest BCUT2D eigenvalue weighted by molar-refractivity contribution is -0.0956. The normalized spacial score (nSPS) is 11.1. The van der Waals surface area contributed by atoms with Crippen LogP contribution in [0.3, 0.4) is 0 Å². The van der Waals surface area contributed by atoms with Gasteiger partial charge in [0.25, 0.3) is 11.5 Å². The van der Waals surface area contributed by atoms with Crippen molar-refractivity contribution in [2.24, 2.45) is 7.05 Å². The second-order valence-corrected chi connectivity index (χ2v) is 7.31. The number of rotatable bonds is 6. The molecule has 0 saturated heterocycles. The van der Waals surface area contributed by atoms with Crippen molar-refractivity contribution in [3.63, 3.8) is 0 Å². The van der Waals surface area contributed by atoms with Gasteiger partial charge in [-0.15, -0.1) is 0 Å². The van der Waals surface area contributed by atoms with E-state index in [4.69, 9.17) is 9.25 Å². The molecule has 0 spiro atoms. The molecule has 9 heteroatoms. The molecule has 1 amide bonds. The fraction of sp³-hybridized carbons (Fsp3) is 0.364. The summed E-state index contributed by atoms with van der Waals surface area (Å²) in [6.07, 6.45) is 1.29. The van der Waals surface area contributed by atoms with E-state index in [1.807, 2.05) is 13.8 Å². The number of aliphatic hydroxyl groups is 1.